The molecule has 6 nitrogen and oxygen atoms in total. The fourth-order valence-electron chi connectivity index (χ4n) is 2.19. The fourth-order valence-corrected chi connectivity index (χ4v) is 3.91. The zero-order valence-electron chi connectivity index (χ0n) is 14.1. The molecule has 0 N–H and O–H groups in total. The third kappa shape index (κ3) is 4.97. The van der Waals surface area contributed by atoms with Crippen molar-refractivity contribution in [3.63, 3.8) is 0 Å². The lowest BCUT2D eigenvalue weighted by molar-refractivity contribution is -0.145. The Morgan fingerprint density at radius 2 is 2.00 bits per heavy atom. The van der Waals surface area contributed by atoms with E-state index in [1.165, 1.54) is 17.8 Å². The first-order valence-corrected chi connectivity index (χ1v) is 9.91. The molecule has 0 saturated carbocycles. The molecule has 0 aliphatic carbocycles. The van der Waals surface area contributed by atoms with Crippen molar-refractivity contribution in [2.24, 2.45) is 0 Å². The lowest BCUT2D eigenvalue weighted by Gasteiger charge is -2.10. The van der Waals surface area contributed by atoms with E-state index in [-0.39, 0.29) is 11.5 Å². The van der Waals surface area contributed by atoms with Crippen LogP contribution in [0.4, 0.5) is 4.79 Å². The third-order valence-electron chi connectivity index (χ3n) is 3.37. The molecule has 0 radical (unpaired) electrons. The Kier molecular flexibility index (Phi) is 6.30. The number of rotatable bonds is 6. The highest BCUT2D eigenvalue weighted by Gasteiger charge is 2.36. The summed E-state index contributed by atoms with van der Waals surface area (Å²) in [7, 11) is 0. The normalized spacial score (nSPS) is 15.6. The van der Waals surface area contributed by atoms with E-state index in [9.17, 15) is 14.4 Å². The highest BCUT2D eigenvalue weighted by atomic mass is 35.5. The van der Waals surface area contributed by atoms with Gasteiger partial charge in [0.25, 0.3) is 11.1 Å². The third-order valence-corrected chi connectivity index (χ3v) is 5.46. The van der Waals surface area contributed by atoms with Gasteiger partial charge < -0.3 is 9.15 Å². The van der Waals surface area contributed by atoms with Crippen molar-refractivity contribution in [2.45, 2.75) is 16.9 Å². The largest absolute Gasteiger partial charge is 0.465 e. The molecule has 0 spiro atoms. The minimum Gasteiger partial charge on any atom is -0.465 e. The van der Waals surface area contributed by atoms with E-state index in [0.717, 1.165) is 21.6 Å². The summed E-state index contributed by atoms with van der Waals surface area (Å²) in [5, 5.41) is 0.772. The summed E-state index contributed by atoms with van der Waals surface area (Å²) in [5.74, 6) is -0.727. The monoisotopic (exact) mass is 423 g/mol. The molecule has 3 rings (SSSR count). The highest BCUT2D eigenvalue weighted by Crippen LogP contribution is 2.34. The molecular formula is C18H14ClNO5S2. The van der Waals surface area contributed by atoms with Gasteiger partial charge in [-0.3, -0.25) is 19.3 Å². The molecule has 27 heavy (non-hydrogen) atoms. The smallest absolute Gasteiger partial charge is 0.326 e. The molecular weight excluding hydrogens is 410 g/mol. The summed E-state index contributed by atoms with van der Waals surface area (Å²) in [6, 6.07) is 10.8. The van der Waals surface area contributed by atoms with Crippen LogP contribution in [-0.2, 0) is 14.3 Å². The predicted molar refractivity (Wildman–Crippen MR) is 104 cm³/mol. The fraction of sp³-hybridized carbons (Fsp3) is 0.167. The molecule has 140 valence electrons. The number of hydrogen-bond acceptors (Lipinski definition) is 7. The number of carbonyl (C=O) groups excluding carboxylic acids is 3. The van der Waals surface area contributed by atoms with Gasteiger partial charge in [-0.1, -0.05) is 23.4 Å². The topological polar surface area (TPSA) is 76.8 Å². The Hall–Kier alpha value is -2.16. The molecule has 9 heteroatoms. The number of halogens is 1. The molecule has 1 aromatic carbocycles. The summed E-state index contributed by atoms with van der Waals surface area (Å²) < 4.78 is 10.5. The molecule has 1 aliphatic rings. The number of benzene rings is 1. The van der Waals surface area contributed by atoms with Gasteiger partial charge in [-0.25, -0.2) is 0 Å². The summed E-state index contributed by atoms with van der Waals surface area (Å²) in [5.41, 5.74) is 0. The van der Waals surface area contributed by atoms with Gasteiger partial charge in [-0.05, 0) is 55.1 Å². The first-order valence-electron chi connectivity index (χ1n) is 7.90. The first kappa shape index (κ1) is 19.6. The van der Waals surface area contributed by atoms with Crippen molar-refractivity contribution in [3.8, 4) is 0 Å². The van der Waals surface area contributed by atoms with E-state index in [1.54, 1.807) is 31.2 Å². The molecule has 1 fully saturated rings. The van der Waals surface area contributed by atoms with Crippen molar-refractivity contribution >= 4 is 58.3 Å². The van der Waals surface area contributed by atoms with Crippen molar-refractivity contribution in [2.75, 3.05) is 13.2 Å². The molecule has 2 heterocycles. The zero-order valence-corrected chi connectivity index (χ0v) is 16.5. The molecule has 0 bridgehead atoms. The Labute approximate surface area is 168 Å². The van der Waals surface area contributed by atoms with Gasteiger partial charge in [-0.15, -0.1) is 0 Å². The van der Waals surface area contributed by atoms with Crippen LogP contribution in [-0.4, -0.2) is 35.2 Å². The van der Waals surface area contributed by atoms with Crippen molar-refractivity contribution in [1.29, 1.82) is 0 Å². The van der Waals surface area contributed by atoms with Gasteiger partial charge in [-0.2, -0.15) is 0 Å². The number of esters is 1. The summed E-state index contributed by atoms with van der Waals surface area (Å²) in [4.78, 5) is 37.8. The minimum atomic E-state index is -0.624. The van der Waals surface area contributed by atoms with Gasteiger partial charge >= 0.3 is 5.97 Å². The van der Waals surface area contributed by atoms with Crippen LogP contribution in [0, 0.1) is 0 Å². The maximum Gasteiger partial charge on any atom is 0.326 e. The number of furan rings is 1. The number of nitrogens with zero attached hydrogens (tertiary/aromatic N) is 1. The molecule has 0 atom stereocenters. The average molecular weight is 424 g/mol. The zero-order chi connectivity index (χ0) is 19.4. The second-order valence-corrected chi connectivity index (χ2v) is 7.79. The number of hydrogen-bond donors (Lipinski definition) is 0. The van der Waals surface area contributed by atoms with E-state index in [2.05, 4.69) is 0 Å². The Morgan fingerprint density at radius 1 is 1.26 bits per heavy atom. The number of ether oxygens (including phenoxy) is 1. The second kappa shape index (κ2) is 8.69. The maximum atomic E-state index is 12.3. The number of carbonyl (C=O) groups is 3. The van der Waals surface area contributed by atoms with Crippen LogP contribution in [0.2, 0.25) is 5.02 Å². The van der Waals surface area contributed by atoms with Crippen molar-refractivity contribution in [1.82, 2.24) is 4.90 Å². The minimum absolute atomic E-state index is 0.186. The predicted octanol–water partition coefficient (Wildman–Crippen LogP) is 4.68. The summed E-state index contributed by atoms with van der Waals surface area (Å²) in [6.45, 7) is 1.44. The number of imide groups is 1. The standard InChI is InChI=1S/C18H14ClNO5S2/c1-2-24-15(21)10-20-17(22)14(27-18(20)23)9-12-5-8-16(25-12)26-13-6-3-11(19)4-7-13/h3-9H,2,10H2,1H3. The van der Waals surface area contributed by atoms with Crippen molar-refractivity contribution < 1.29 is 23.5 Å². The summed E-state index contributed by atoms with van der Waals surface area (Å²) >= 11 is 8.03. The van der Waals surface area contributed by atoms with Gasteiger partial charge in [0.2, 0.25) is 0 Å². The van der Waals surface area contributed by atoms with Crippen LogP contribution in [0.5, 0.6) is 0 Å². The maximum absolute atomic E-state index is 12.3. The Bertz CT molecular complexity index is 907. The van der Waals surface area contributed by atoms with Crippen LogP contribution in [0.15, 0.2) is 55.7 Å². The lowest BCUT2D eigenvalue weighted by Crippen LogP contribution is -2.34. The van der Waals surface area contributed by atoms with Gasteiger partial charge in [0.15, 0.2) is 5.09 Å². The van der Waals surface area contributed by atoms with Gasteiger partial charge in [0.05, 0.1) is 11.5 Å². The van der Waals surface area contributed by atoms with E-state index in [0.29, 0.717) is 15.9 Å². The SMILES string of the molecule is CCOC(=O)CN1C(=O)SC(=Cc2ccc(Sc3ccc(Cl)cc3)o2)C1=O. The first-order chi connectivity index (χ1) is 13.0. The molecule has 1 aliphatic heterocycles. The van der Waals surface area contributed by atoms with Crippen molar-refractivity contribution in [3.05, 3.63) is 52.1 Å². The second-order valence-electron chi connectivity index (χ2n) is 5.29. The van der Waals surface area contributed by atoms with E-state index in [1.807, 2.05) is 12.1 Å². The molecule has 1 saturated heterocycles. The number of amides is 2. The molecule has 2 aromatic rings. The van der Waals surface area contributed by atoms with E-state index >= 15 is 0 Å². The van der Waals surface area contributed by atoms with Crippen LogP contribution in [0.25, 0.3) is 6.08 Å². The van der Waals surface area contributed by atoms with Crippen LogP contribution >= 0.6 is 35.1 Å². The van der Waals surface area contributed by atoms with Crippen LogP contribution in [0.1, 0.15) is 12.7 Å². The molecule has 2 amide bonds. The van der Waals surface area contributed by atoms with Gasteiger partial charge in [0.1, 0.15) is 12.3 Å². The quantitative estimate of drug-likeness (QED) is 0.493. The Balaban J connectivity index is 1.69. The lowest BCUT2D eigenvalue weighted by atomic mass is 10.3. The van der Waals surface area contributed by atoms with E-state index < -0.39 is 23.7 Å². The Morgan fingerprint density at radius 3 is 2.70 bits per heavy atom. The highest BCUT2D eigenvalue weighted by molar-refractivity contribution is 8.18. The average Bonchev–Trinajstić information content (AvgIpc) is 3.17. The van der Waals surface area contributed by atoms with Crippen LogP contribution in [0.3, 0.4) is 0 Å². The van der Waals surface area contributed by atoms with Crippen LogP contribution < -0.4 is 0 Å². The number of thioether (sulfide) groups is 1. The van der Waals surface area contributed by atoms with E-state index in [4.69, 9.17) is 20.8 Å². The summed E-state index contributed by atoms with van der Waals surface area (Å²) in [6.07, 6.45) is 1.49. The molecule has 1 aromatic heterocycles. The van der Waals surface area contributed by atoms with Gasteiger partial charge in [0, 0.05) is 16.0 Å². The molecule has 0 unspecified atom stereocenters.